The van der Waals surface area contributed by atoms with Gasteiger partial charge in [0.2, 0.25) is 5.91 Å². The van der Waals surface area contributed by atoms with Gasteiger partial charge in [0.15, 0.2) is 10.3 Å². The maximum Gasteiger partial charge on any atom is 0.250 e. The largest absolute Gasteiger partial charge is 0.398 e. The number of amides is 2. The molecule has 2 heterocycles. The number of carbonyl (C=O) groups is 2. The molecule has 5 aromatic carbocycles. The van der Waals surface area contributed by atoms with Crippen molar-refractivity contribution in [3.63, 3.8) is 0 Å². The van der Waals surface area contributed by atoms with Crippen LogP contribution in [-0.2, 0) is 22.4 Å². The van der Waals surface area contributed by atoms with Crippen LogP contribution in [0.2, 0.25) is 0 Å². The van der Waals surface area contributed by atoms with E-state index < -0.39 is 0 Å². The first-order chi connectivity index (χ1) is 31.1. The lowest BCUT2D eigenvalue weighted by Gasteiger charge is -2.25. The minimum atomic E-state index is -0.281. The van der Waals surface area contributed by atoms with Crippen molar-refractivity contribution >= 4 is 63.8 Å². The number of thioether (sulfide) groups is 2. The van der Waals surface area contributed by atoms with Crippen molar-refractivity contribution in [2.75, 3.05) is 41.0 Å². The van der Waals surface area contributed by atoms with Crippen LogP contribution in [0.3, 0.4) is 0 Å². The van der Waals surface area contributed by atoms with Gasteiger partial charge in [-0.15, -0.1) is 20.4 Å². The Bertz CT molecular complexity index is 2740. The van der Waals surface area contributed by atoms with E-state index in [4.69, 9.17) is 16.6 Å². The Morgan fingerprint density at radius 3 is 1.64 bits per heavy atom. The second-order valence-corrected chi connectivity index (χ2v) is 16.6. The Morgan fingerprint density at radius 1 is 0.609 bits per heavy atom. The van der Waals surface area contributed by atoms with Crippen molar-refractivity contribution in [2.24, 2.45) is 10.2 Å². The number of carbonyl (C=O) groups excluding carboxylic acids is 2. The molecule has 15 nitrogen and oxygen atoms in total. The second kappa shape index (κ2) is 21.7. The number of anilines is 3. The number of rotatable bonds is 19. The molecular weight excluding hydrogens is 843 g/mol. The van der Waals surface area contributed by atoms with Crippen LogP contribution in [0.25, 0.3) is 11.4 Å². The van der Waals surface area contributed by atoms with E-state index in [2.05, 4.69) is 77.0 Å². The van der Waals surface area contributed by atoms with Gasteiger partial charge < -0.3 is 16.4 Å². The highest BCUT2D eigenvalue weighted by molar-refractivity contribution is 8.00. The number of nitrogens with two attached hydrogens (primary N) is 2. The van der Waals surface area contributed by atoms with Crippen LogP contribution in [0.5, 0.6) is 0 Å². The molecule has 0 spiro atoms. The number of para-hydroxylation sites is 4. The fourth-order valence-corrected chi connectivity index (χ4v) is 8.47. The number of nitrogens with zero attached hydrogens (tertiary/aromatic N) is 9. The third-order valence-corrected chi connectivity index (χ3v) is 11.9. The van der Waals surface area contributed by atoms with Gasteiger partial charge in [0, 0.05) is 78.2 Å². The van der Waals surface area contributed by atoms with Crippen LogP contribution < -0.4 is 27.2 Å². The van der Waals surface area contributed by atoms with Gasteiger partial charge in [-0.25, -0.2) is 10.9 Å². The molecule has 7 rings (SSSR count). The molecule has 326 valence electrons. The number of hydrogen-bond acceptors (Lipinski definition) is 13. The third kappa shape index (κ3) is 11.6. The van der Waals surface area contributed by atoms with E-state index in [1.54, 1.807) is 19.1 Å². The van der Waals surface area contributed by atoms with Crippen molar-refractivity contribution in [1.29, 1.82) is 0 Å². The Kier molecular flexibility index (Phi) is 15.2. The molecule has 0 aliphatic rings. The number of aryl methyl sites for hydroxylation is 1. The molecule has 0 bridgehead atoms. The Morgan fingerprint density at radius 2 is 1.11 bits per heavy atom. The molecule has 0 unspecified atom stereocenters. The molecule has 0 aliphatic carbocycles. The van der Waals surface area contributed by atoms with E-state index in [1.807, 2.05) is 102 Å². The molecule has 6 N–H and O–H groups in total. The van der Waals surface area contributed by atoms with Gasteiger partial charge in [-0.3, -0.25) is 18.7 Å². The van der Waals surface area contributed by atoms with Crippen LogP contribution in [0.1, 0.15) is 42.2 Å². The molecule has 17 heteroatoms. The number of nitrogen functional groups attached to an aromatic ring is 2. The Hall–Kier alpha value is -7.24. The molecular formula is C47H49N13O2S2. The highest BCUT2D eigenvalue weighted by Crippen LogP contribution is 2.27. The molecule has 7 aromatic rings. The molecule has 2 aromatic heterocycles. The predicted octanol–water partition coefficient (Wildman–Crippen LogP) is 6.88. The topological polar surface area (TPSA) is 200 Å². The summed E-state index contributed by atoms with van der Waals surface area (Å²) in [6.45, 7) is 6.51. The smallest absolute Gasteiger partial charge is 0.250 e. The SMILES string of the molecule is CC(=O)NN=C(CSc1nnc(CCN(CCc2nnc(SCC(=O)NN=C(C)c3ccccc3N)n2-c2ccccc2)c2ccc(C)cc2)n1-c1ccccc1)c1ccccc1N. The number of nitrogens with one attached hydrogen (secondary N) is 2. The van der Waals surface area contributed by atoms with Gasteiger partial charge in [-0.2, -0.15) is 10.2 Å². The van der Waals surface area contributed by atoms with E-state index in [1.165, 1.54) is 30.4 Å². The summed E-state index contributed by atoms with van der Waals surface area (Å²) in [5.41, 5.74) is 25.5. The van der Waals surface area contributed by atoms with Crippen LogP contribution in [0.4, 0.5) is 17.1 Å². The van der Waals surface area contributed by atoms with Crippen LogP contribution >= 0.6 is 23.5 Å². The highest BCUT2D eigenvalue weighted by atomic mass is 32.2. The summed E-state index contributed by atoms with van der Waals surface area (Å²) in [4.78, 5) is 27.2. The first kappa shape index (κ1) is 44.8. The maximum atomic E-state index is 13.0. The van der Waals surface area contributed by atoms with Crippen molar-refractivity contribution in [3.05, 3.63) is 162 Å². The quantitative estimate of drug-likeness (QED) is 0.0286. The molecule has 64 heavy (non-hydrogen) atoms. The Balaban J connectivity index is 1.10. The van der Waals surface area contributed by atoms with Crippen molar-refractivity contribution < 1.29 is 9.59 Å². The number of benzene rings is 5. The monoisotopic (exact) mass is 891 g/mol. The fraction of sp³-hybridized carbons (Fsp3) is 0.191. The van der Waals surface area contributed by atoms with E-state index >= 15 is 0 Å². The standard InChI is InChI=1S/C47H49N13O2S2/c1-32-22-24-35(25-23-32)58(28-26-43-53-56-46(59(43)36-14-6-4-7-15-36)63-30-42(52-51-34(3)61)39-19-11-13-21-41(39)49)29-27-44-54-57-47(60(44)37-16-8-5-9-17-37)64-31-45(62)55-50-33(2)38-18-10-12-20-40(38)48/h4-25H,26-31,48-49H2,1-3H3,(H,51,61)(H,55,62). The summed E-state index contributed by atoms with van der Waals surface area (Å²) in [6.07, 6.45) is 1.12. The zero-order valence-electron chi connectivity index (χ0n) is 35.8. The van der Waals surface area contributed by atoms with E-state index in [9.17, 15) is 9.59 Å². The lowest BCUT2D eigenvalue weighted by molar-refractivity contribution is -0.119. The number of hydrogen-bond donors (Lipinski definition) is 4. The van der Waals surface area contributed by atoms with Gasteiger partial charge in [0.05, 0.1) is 17.2 Å². The van der Waals surface area contributed by atoms with Crippen LogP contribution in [0.15, 0.2) is 154 Å². The van der Waals surface area contributed by atoms with Crippen LogP contribution in [-0.4, -0.2) is 77.4 Å². The normalized spacial score (nSPS) is 11.7. The average Bonchev–Trinajstić information content (AvgIpc) is 3.92. The summed E-state index contributed by atoms with van der Waals surface area (Å²) in [5, 5.41) is 28.6. The van der Waals surface area contributed by atoms with Gasteiger partial charge in [-0.05, 0) is 62.4 Å². The number of hydrazone groups is 2. The fourth-order valence-electron chi connectivity index (χ4n) is 6.78. The summed E-state index contributed by atoms with van der Waals surface area (Å²) in [5.74, 6) is 1.42. The van der Waals surface area contributed by atoms with E-state index in [0.717, 1.165) is 45.4 Å². The van der Waals surface area contributed by atoms with Crippen molar-refractivity contribution in [1.82, 2.24) is 40.4 Å². The van der Waals surface area contributed by atoms with Gasteiger partial charge in [-0.1, -0.05) is 114 Å². The highest BCUT2D eigenvalue weighted by Gasteiger charge is 2.21. The summed E-state index contributed by atoms with van der Waals surface area (Å²) in [6, 6.07) is 43.2. The molecule has 0 atom stereocenters. The first-order valence-electron chi connectivity index (χ1n) is 20.6. The molecule has 0 radical (unpaired) electrons. The predicted molar refractivity (Wildman–Crippen MR) is 257 cm³/mol. The summed E-state index contributed by atoms with van der Waals surface area (Å²) < 4.78 is 4.07. The minimum absolute atomic E-state index is 0.0770. The zero-order valence-corrected chi connectivity index (χ0v) is 37.4. The lowest BCUT2D eigenvalue weighted by Crippen LogP contribution is -2.29. The van der Waals surface area contributed by atoms with E-state index in [0.29, 0.717) is 64.8 Å². The van der Waals surface area contributed by atoms with Gasteiger partial charge >= 0.3 is 0 Å². The third-order valence-electron chi connectivity index (χ3n) is 10.0. The number of aromatic nitrogens is 6. The molecule has 2 amide bonds. The Labute approximate surface area is 380 Å². The molecule has 0 saturated carbocycles. The lowest BCUT2D eigenvalue weighted by atomic mass is 10.1. The van der Waals surface area contributed by atoms with Gasteiger partial charge in [0.1, 0.15) is 11.6 Å². The minimum Gasteiger partial charge on any atom is -0.398 e. The first-order valence-corrected chi connectivity index (χ1v) is 22.5. The van der Waals surface area contributed by atoms with Crippen LogP contribution in [0, 0.1) is 6.92 Å². The second-order valence-electron chi connectivity index (χ2n) is 14.7. The molecule has 0 saturated heterocycles. The summed E-state index contributed by atoms with van der Waals surface area (Å²) in [7, 11) is 0. The zero-order chi connectivity index (χ0) is 44.8. The maximum absolute atomic E-state index is 13.0. The van der Waals surface area contributed by atoms with Gasteiger partial charge in [0.25, 0.3) is 5.91 Å². The van der Waals surface area contributed by atoms with Crippen molar-refractivity contribution in [2.45, 2.75) is 43.9 Å². The average molecular weight is 892 g/mol. The summed E-state index contributed by atoms with van der Waals surface area (Å²) >= 11 is 2.75. The van der Waals surface area contributed by atoms with E-state index in [-0.39, 0.29) is 17.6 Å². The molecule has 0 fully saturated rings. The molecule has 0 aliphatic heterocycles. The van der Waals surface area contributed by atoms with Crippen molar-refractivity contribution in [3.8, 4) is 11.4 Å².